The largest absolute Gasteiger partial charge is 0.463 e. The first-order valence-corrected chi connectivity index (χ1v) is 14.7. The molecule has 1 aliphatic heterocycles. The fourth-order valence-corrected chi connectivity index (χ4v) is 6.33. The maximum absolute atomic E-state index is 14.0. The van der Waals surface area contributed by atoms with E-state index in [4.69, 9.17) is 9.47 Å². The fourth-order valence-electron chi connectivity index (χ4n) is 5.29. The van der Waals surface area contributed by atoms with Crippen molar-refractivity contribution in [3.8, 4) is 5.69 Å². The highest BCUT2D eigenvalue weighted by atomic mass is 32.1. The Morgan fingerprint density at radius 3 is 2.21 bits per heavy atom. The van der Waals surface area contributed by atoms with E-state index in [2.05, 4.69) is 9.56 Å². The number of esters is 2. The number of hydrogen-bond donors (Lipinski definition) is 0. The van der Waals surface area contributed by atoms with Crippen LogP contribution in [0.25, 0.3) is 11.8 Å². The van der Waals surface area contributed by atoms with Crippen molar-refractivity contribution in [2.45, 2.75) is 47.6 Å². The molecule has 0 radical (unpaired) electrons. The summed E-state index contributed by atoms with van der Waals surface area (Å²) in [5, 5.41) is 0. The molecule has 0 unspecified atom stereocenters. The van der Waals surface area contributed by atoms with Gasteiger partial charge in [-0.15, -0.1) is 0 Å². The lowest BCUT2D eigenvalue weighted by Gasteiger charge is -2.24. The summed E-state index contributed by atoms with van der Waals surface area (Å²) < 4.78 is 14.7. The number of fused-ring (bicyclic) bond motifs is 1. The van der Waals surface area contributed by atoms with Gasteiger partial charge in [-0.3, -0.25) is 9.36 Å². The molecular weight excluding hydrogens is 550 g/mol. The molecule has 4 aromatic rings. The lowest BCUT2D eigenvalue weighted by molar-refractivity contribution is -0.139. The smallest absolute Gasteiger partial charge is 0.338 e. The minimum Gasteiger partial charge on any atom is -0.463 e. The first-order chi connectivity index (χ1) is 20.1. The number of allylic oxidation sites excluding steroid dienone is 1. The highest BCUT2D eigenvalue weighted by Crippen LogP contribution is 2.31. The molecule has 0 N–H and O–H groups in total. The van der Waals surface area contributed by atoms with E-state index in [9.17, 15) is 14.4 Å². The molecule has 0 bridgehead atoms. The highest BCUT2D eigenvalue weighted by molar-refractivity contribution is 7.07. The minimum absolute atomic E-state index is 0.220. The molecule has 2 aromatic heterocycles. The van der Waals surface area contributed by atoms with E-state index >= 15 is 0 Å². The zero-order valence-electron chi connectivity index (χ0n) is 24.6. The minimum atomic E-state index is -0.645. The third-order valence-corrected chi connectivity index (χ3v) is 8.29. The van der Waals surface area contributed by atoms with E-state index in [0.29, 0.717) is 32.8 Å². The van der Waals surface area contributed by atoms with Crippen molar-refractivity contribution in [2.24, 2.45) is 4.99 Å². The molecule has 0 spiro atoms. The highest BCUT2D eigenvalue weighted by Gasteiger charge is 2.33. The Morgan fingerprint density at radius 1 is 0.929 bits per heavy atom. The Balaban J connectivity index is 1.61. The van der Waals surface area contributed by atoms with E-state index in [1.165, 1.54) is 11.3 Å². The molecule has 5 rings (SSSR count). The van der Waals surface area contributed by atoms with Crippen LogP contribution in [0.3, 0.4) is 0 Å². The topological polar surface area (TPSA) is 91.9 Å². The van der Waals surface area contributed by atoms with Crippen molar-refractivity contribution in [1.82, 2.24) is 9.13 Å². The van der Waals surface area contributed by atoms with Crippen molar-refractivity contribution in [2.75, 3.05) is 13.2 Å². The van der Waals surface area contributed by atoms with Gasteiger partial charge in [0.1, 0.15) is 0 Å². The summed E-state index contributed by atoms with van der Waals surface area (Å²) in [6.07, 6.45) is 1.88. The maximum Gasteiger partial charge on any atom is 0.338 e. The zero-order chi connectivity index (χ0) is 30.1. The number of aryl methyl sites for hydroxylation is 2. The Bertz CT molecular complexity index is 1890. The number of hydrogen-bond acceptors (Lipinski definition) is 7. The van der Waals surface area contributed by atoms with Gasteiger partial charge in [0, 0.05) is 17.1 Å². The van der Waals surface area contributed by atoms with Crippen LogP contribution in [0.5, 0.6) is 0 Å². The molecule has 0 saturated heterocycles. The summed E-state index contributed by atoms with van der Waals surface area (Å²) in [6.45, 7) is 11.8. The standard InChI is InChI=1S/C33H33N3O5S/c1-7-40-31(38)24-13-15-26(16-14-24)35-20(4)17-25(22(35)6)18-27-30(37)36-29(23-11-9-19(3)10-12-23)28(32(39)41-8-2)21(5)34-33(36)42-27/h9-18,29H,7-8H2,1-6H3/b27-18+/t29-/m0/s1. The first-order valence-electron chi connectivity index (χ1n) is 13.9. The summed E-state index contributed by atoms with van der Waals surface area (Å²) >= 11 is 1.30. The molecule has 1 aliphatic rings. The molecule has 0 aliphatic carbocycles. The van der Waals surface area contributed by atoms with Gasteiger partial charge in [0.15, 0.2) is 4.80 Å². The molecule has 216 valence electrons. The molecule has 42 heavy (non-hydrogen) atoms. The van der Waals surface area contributed by atoms with Gasteiger partial charge in [-0.25, -0.2) is 14.6 Å². The average molecular weight is 584 g/mol. The van der Waals surface area contributed by atoms with Crippen LogP contribution in [-0.2, 0) is 14.3 Å². The second-order valence-electron chi connectivity index (χ2n) is 10.1. The second kappa shape index (κ2) is 11.8. The lowest BCUT2D eigenvalue weighted by atomic mass is 9.95. The van der Waals surface area contributed by atoms with E-state index < -0.39 is 12.0 Å². The number of carbonyl (C=O) groups is 2. The number of thiazole rings is 1. The average Bonchev–Trinajstić information content (AvgIpc) is 3.42. The summed E-state index contributed by atoms with van der Waals surface area (Å²) in [5.41, 5.74) is 6.78. The van der Waals surface area contributed by atoms with Crippen LogP contribution < -0.4 is 14.9 Å². The van der Waals surface area contributed by atoms with Crippen molar-refractivity contribution >= 4 is 29.4 Å². The van der Waals surface area contributed by atoms with Gasteiger partial charge in [-0.2, -0.15) is 0 Å². The zero-order valence-corrected chi connectivity index (χ0v) is 25.4. The molecule has 2 aromatic carbocycles. The Kier molecular flexibility index (Phi) is 8.13. The van der Waals surface area contributed by atoms with Crippen LogP contribution in [-0.4, -0.2) is 34.3 Å². The predicted molar refractivity (Wildman–Crippen MR) is 163 cm³/mol. The van der Waals surface area contributed by atoms with Crippen LogP contribution in [0.2, 0.25) is 0 Å². The molecule has 8 nitrogen and oxygen atoms in total. The number of aromatic nitrogens is 2. The van der Waals surface area contributed by atoms with E-state index in [1.807, 2.05) is 69.3 Å². The second-order valence-corrected chi connectivity index (χ2v) is 11.2. The molecule has 0 fully saturated rings. The monoisotopic (exact) mass is 583 g/mol. The Hall–Kier alpha value is -4.50. The van der Waals surface area contributed by atoms with Crippen molar-refractivity contribution < 1.29 is 19.1 Å². The maximum atomic E-state index is 14.0. The first kappa shape index (κ1) is 29.0. The van der Waals surface area contributed by atoms with Crippen LogP contribution in [0.4, 0.5) is 0 Å². The van der Waals surface area contributed by atoms with E-state index in [1.54, 1.807) is 37.5 Å². The van der Waals surface area contributed by atoms with Crippen LogP contribution in [0, 0.1) is 20.8 Å². The molecular formula is C33H33N3O5S. The summed E-state index contributed by atoms with van der Waals surface area (Å²) in [7, 11) is 0. The Morgan fingerprint density at radius 2 is 1.57 bits per heavy atom. The SMILES string of the molecule is CCOC(=O)C1=C(C)N=c2s/c(=C/c3cc(C)n(-c4ccc(C(=O)OCC)cc4)c3C)c(=O)n2[C@H]1c1ccc(C)cc1. The summed E-state index contributed by atoms with van der Waals surface area (Å²) in [4.78, 5) is 44.4. The summed E-state index contributed by atoms with van der Waals surface area (Å²) in [6, 6.07) is 16.5. The van der Waals surface area contributed by atoms with Crippen LogP contribution >= 0.6 is 11.3 Å². The van der Waals surface area contributed by atoms with Crippen molar-refractivity contribution in [1.29, 1.82) is 0 Å². The third kappa shape index (κ3) is 5.27. The number of ether oxygens (including phenoxy) is 2. The lowest BCUT2D eigenvalue weighted by Crippen LogP contribution is -2.39. The van der Waals surface area contributed by atoms with E-state index in [-0.39, 0.29) is 18.1 Å². The number of carbonyl (C=O) groups excluding carboxylic acids is 2. The van der Waals surface area contributed by atoms with Gasteiger partial charge in [0.2, 0.25) is 0 Å². The third-order valence-electron chi connectivity index (χ3n) is 7.30. The Labute approximate surface area is 247 Å². The van der Waals surface area contributed by atoms with Crippen molar-refractivity contribution in [3.05, 3.63) is 119 Å². The van der Waals surface area contributed by atoms with E-state index in [0.717, 1.165) is 33.8 Å². The molecule has 0 saturated carbocycles. The normalized spacial score (nSPS) is 14.9. The van der Waals surface area contributed by atoms with Gasteiger partial charge in [-0.1, -0.05) is 41.2 Å². The van der Waals surface area contributed by atoms with Crippen LogP contribution in [0.15, 0.2) is 75.7 Å². The van der Waals surface area contributed by atoms with Gasteiger partial charge >= 0.3 is 11.9 Å². The quantitative estimate of drug-likeness (QED) is 0.295. The molecule has 9 heteroatoms. The van der Waals surface area contributed by atoms with Crippen molar-refractivity contribution in [3.63, 3.8) is 0 Å². The molecule has 1 atom stereocenters. The fraction of sp³-hybridized carbons (Fsp3) is 0.273. The molecule has 0 amide bonds. The summed E-state index contributed by atoms with van der Waals surface area (Å²) in [5.74, 6) is -0.831. The predicted octanol–water partition coefficient (Wildman–Crippen LogP) is 4.69. The molecule has 3 heterocycles. The van der Waals surface area contributed by atoms with Gasteiger partial charge < -0.3 is 14.0 Å². The van der Waals surface area contributed by atoms with Gasteiger partial charge in [0.05, 0.1) is 40.6 Å². The number of nitrogens with zero attached hydrogens (tertiary/aromatic N) is 3. The van der Waals surface area contributed by atoms with Gasteiger partial charge in [0.25, 0.3) is 5.56 Å². The number of benzene rings is 2. The number of rotatable bonds is 7. The van der Waals surface area contributed by atoms with Crippen LogP contribution in [0.1, 0.15) is 65.2 Å². The van der Waals surface area contributed by atoms with Gasteiger partial charge in [-0.05, 0) is 89.1 Å².